The van der Waals surface area contributed by atoms with Crippen molar-refractivity contribution in [2.24, 2.45) is 11.8 Å². The number of aryl methyl sites for hydroxylation is 2. The number of imide groups is 1. The Bertz CT molecular complexity index is 993. The first kappa shape index (κ1) is 15.5. The lowest BCUT2D eigenvalue weighted by molar-refractivity contribution is -0.134. The fourth-order valence-electron chi connectivity index (χ4n) is 5.16. The molecule has 0 N–H and O–H groups in total. The molecule has 6 rings (SSSR count). The van der Waals surface area contributed by atoms with E-state index >= 15 is 0 Å². The number of hydrogen-bond acceptors (Lipinski definition) is 3. The van der Waals surface area contributed by atoms with E-state index in [9.17, 15) is 14.4 Å². The van der Waals surface area contributed by atoms with Crippen LogP contribution in [-0.2, 0) is 14.4 Å². The number of nitrogens with zero attached hydrogens (tertiary/aromatic N) is 1. The van der Waals surface area contributed by atoms with Gasteiger partial charge in [0.1, 0.15) is 5.78 Å². The average molecular weight is 345 g/mol. The summed E-state index contributed by atoms with van der Waals surface area (Å²) in [6, 6.07) is 13.6. The molecule has 3 aliphatic carbocycles. The second-order valence-corrected chi connectivity index (χ2v) is 7.74. The molecule has 2 aromatic rings. The van der Waals surface area contributed by atoms with E-state index in [1.54, 1.807) is 0 Å². The number of rotatable bonds is 1. The Morgan fingerprint density at radius 3 is 2.35 bits per heavy atom. The summed E-state index contributed by atoms with van der Waals surface area (Å²) in [7, 11) is 0. The number of benzene rings is 2. The van der Waals surface area contributed by atoms with Gasteiger partial charge in [-0.25, -0.2) is 4.90 Å². The number of Topliss-reactive ketones (excluding diaryl/α,β-unsaturated/α-hetero) is 1. The molecule has 1 saturated carbocycles. The van der Waals surface area contributed by atoms with E-state index in [2.05, 4.69) is 0 Å². The predicted octanol–water partition coefficient (Wildman–Crippen LogP) is 3.26. The Balaban J connectivity index is 1.68. The quantitative estimate of drug-likeness (QED) is 0.746. The van der Waals surface area contributed by atoms with Crippen molar-refractivity contribution in [3.63, 3.8) is 0 Å². The third-order valence-electron chi connectivity index (χ3n) is 6.29. The van der Waals surface area contributed by atoms with Crippen molar-refractivity contribution in [2.45, 2.75) is 32.1 Å². The molecular weight excluding hydrogens is 326 g/mol. The highest BCUT2D eigenvalue weighted by Crippen LogP contribution is 2.57. The highest BCUT2D eigenvalue weighted by atomic mass is 16.2. The second kappa shape index (κ2) is 5.13. The molecule has 2 fully saturated rings. The zero-order valence-electron chi connectivity index (χ0n) is 14.7. The van der Waals surface area contributed by atoms with Crippen LogP contribution in [0.1, 0.15) is 40.5 Å². The number of carbonyl (C=O) groups is 3. The number of anilines is 1. The van der Waals surface area contributed by atoms with E-state index in [0.29, 0.717) is 12.1 Å². The minimum Gasteiger partial charge on any atom is -0.299 e. The summed E-state index contributed by atoms with van der Waals surface area (Å²) in [6.45, 7) is 3.86. The summed E-state index contributed by atoms with van der Waals surface area (Å²) < 4.78 is 0. The number of hydrogen-bond donors (Lipinski definition) is 0. The van der Waals surface area contributed by atoms with Crippen LogP contribution >= 0.6 is 0 Å². The molecule has 1 saturated heterocycles. The average Bonchev–Trinajstić information content (AvgIpc) is 2.89. The maximum Gasteiger partial charge on any atom is 0.238 e. The van der Waals surface area contributed by atoms with Crippen molar-refractivity contribution in [1.82, 2.24) is 0 Å². The molecule has 4 aliphatic rings. The van der Waals surface area contributed by atoms with Crippen LogP contribution in [0.3, 0.4) is 0 Å². The molecule has 0 spiro atoms. The molecule has 2 amide bonds. The Morgan fingerprint density at radius 2 is 1.58 bits per heavy atom. The van der Waals surface area contributed by atoms with Crippen LogP contribution in [-0.4, -0.2) is 17.6 Å². The van der Waals surface area contributed by atoms with Gasteiger partial charge in [-0.3, -0.25) is 14.4 Å². The number of ketones is 1. The molecule has 4 atom stereocenters. The summed E-state index contributed by atoms with van der Waals surface area (Å²) in [4.78, 5) is 40.7. The van der Waals surface area contributed by atoms with Crippen molar-refractivity contribution in [3.05, 3.63) is 64.7 Å². The molecule has 4 heteroatoms. The maximum absolute atomic E-state index is 13.3. The van der Waals surface area contributed by atoms with Crippen molar-refractivity contribution in [1.29, 1.82) is 0 Å². The van der Waals surface area contributed by atoms with Crippen molar-refractivity contribution in [2.75, 3.05) is 4.90 Å². The van der Waals surface area contributed by atoms with E-state index in [1.807, 2.05) is 56.3 Å². The molecule has 1 heterocycles. The first-order valence-corrected chi connectivity index (χ1v) is 9.05. The van der Waals surface area contributed by atoms with Gasteiger partial charge in [-0.1, -0.05) is 36.4 Å². The fraction of sp³-hybridized carbons (Fsp3) is 0.318. The summed E-state index contributed by atoms with van der Waals surface area (Å²) in [5.74, 6) is -1.90. The SMILES string of the molecule is Cc1ccc(C)c(N2C(=O)[C@@H]3[C@@H](C2=O)[C@H]2C(=O)C[C@H]3c3ccccc32)c1. The summed E-state index contributed by atoms with van der Waals surface area (Å²) in [5, 5.41) is 0. The number of carbonyl (C=O) groups excluding carboxylic acids is 3. The molecule has 1 aliphatic heterocycles. The van der Waals surface area contributed by atoms with E-state index in [0.717, 1.165) is 22.3 Å². The standard InChI is InChI=1S/C22H19NO3/c1-11-7-8-12(2)16(9-11)23-21(25)19-15-10-17(24)18(20(19)22(23)26)14-6-4-3-5-13(14)15/h3-9,15,18-20H,10H2,1-2H3/t15-,18+,19-,20-/m0/s1. The topological polar surface area (TPSA) is 54.5 Å². The largest absolute Gasteiger partial charge is 0.299 e. The Hall–Kier alpha value is -2.75. The normalized spacial score (nSPS) is 29.2. The lowest BCUT2D eigenvalue weighted by atomic mass is 9.56. The number of amides is 2. The van der Waals surface area contributed by atoms with Gasteiger partial charge in [0.2, 0.25) is 11.8 Å². The summed E-state index contributed by atoms with van der Waals surface area (Å²) in [6.07, 6.45) is 0.364. The van der Waals surface area contributed by atoms with Gasteiger partial charge < -0.3 is 0 Å². The van der Waals surface area contributed by atoms with E-state index < -0.39 is 17.8 Å². The summed E-state index contributed by atoms with van der Waals surface area (Å²) >= 11 is 0. The van der Waals surface area contributed by atoms with Crippen LogP contribution in [0, 0.1) is 25.7 Å². The second-order valence-electron chi connectivity index (χ2n) is 7.74. The Labute approximate surface area is 151 Å². The van der Waals surface area contributed by atoms with Gasteiger partial charge in [0, 0.05) is 12.3 Å². The third kappa shape index (κ3) is 1.82. The van der Waals surface area contributed by atoms with Gasteiger partial charge in [-0.15, -0.1) is 0 Å². The van der Waals surface area contributed by atoms with Crippen molar-refractivity contribution < 1.29 is 14.4 Å². The van der Waals surface area contributed by atoms with Gasteiger partial charge in [0.15, 0.2) is 0 Å². The van der Waals surface area contributed by atoms with Gasteiger partial charge in [0.05, 0.1) is 23.4 Å². The molecule has 2 aromatic carbocycles. The fourth-order valence-corrected chi connectivity index (χ4v) is 5.16. The highest BCUT2D eigenvalue weighted by Gasteiger charge is 2.62. The lowest BCUT2D eigenvalue weighted by Crippen LogP contribution is -2.44. The summed E-state index contributed by atoms with van der Waals surface area (Å²) in [5.41, 5.74) is 4.57. The van der Waals surface area contributed by atoms with Crippen LogP contribution in [0.5, 0.6) is 0 Å². The van der Waals surface area contributed by atoms with Crippen LogP contribution in [0.15, 0.2) is 42.5 Å². The van der Waals surface area contributed by atoms with Crippen LogP contribution < -0.4 is 4.90 Å². The van der Waals surface area contributed by atoms with E-state index in [4.69, 9.17) is 0 Å². The molecule has 0 aromatic heterocycles. The first-order chi connectivity index (χ1) is 12.5. The smallest absolute Gasteiger partial charge is 0.238 e. The molecule has 0 radical (unpaired) electrons. The van der Waals surface area contributed by atoms with E-state index in [1.165, 1.54) is 4.90 Å². The molecular formula is C22H19NO3. The lowest BCUT2D eigenvalue weighted by Gasteiger charge is -2.43. The Kier molecular flexibility index (Phi) is 3.06. The Morgan fingerprint density at radius 1 is 0.885 bits per heavy atom. The van der Waals surface area contributed by atoms with Crippen LogP contribution in [0.2, 0.25) is 0 Å². The molecule has 4 nitrogen and oxygen atoms in total. The van der Waals surface area contributed by atoms with Crippen molar-refractivity contribution >= 4 is 23.3 Å². The van der Waals surface area contributed by atoms with Gasteiger partial charge in [-0.05, 0) is 42.2 Å². The minimum absolute atomic E-state index is 0.0962. The molecule has 130 valence electrons. The first-order valence-electron chi connectivity index (χ1n) is 9.05. The minimum atomic E-state index is -0.552. The molecule has 2 bridgehead atoms. The highest BCUT2D eigenvalue weighted by molar-refractivity contribution is 6.25. The predicted molar refractivity (Wildman–Crippen MR) is 96.9 cm³/mol. The number of fused-ring (bicyclic) bond motifs is 1. The van der Waals surface area contributed by atoms with Crippen molar-refractivity contribution in [3.8, 4) is 0 Å². The molecule has 26 heavy (non-hydrogen) atoms. The van der Waals surface area contributed by atoms with Gasteiger partial charge >= 0.3 is 0 Å². The zero-order valence-corrected chi connectivity index (χ0v) is 14.7. The molecule has 0 unspecified atom stereocenters. The van der Waals surface area contributed by atoms with Crippen LogP contribution in [0.4, 0.5) is 5.69 Å². The monoisotopic (exact) mass is 345 g/mol. The third-order valence-corrected chi connectivity index (χ3v) is 6.29. The van der Waals surface area contributed by atoms with Crippen LogP contribution in [0.25, 0.3) is 0 Å². The van der Waals surface area contributed by atoms with E-state index in [-0.39, 0.29) is 23.5 Å². The van der Waals surface area contributed by atoms with Gasteiger partial charge in [-0.2, -0.15) is 0 Å². The van der Waals surface area contributed by atoms with Gasteiger partial charge in [0.25, 0.3) is 0 Å². The maximum atomic E-state index is 13.3. The zero-order chi connectivity index (χ0) is 18.2.